The molecule has 1 saturated heterocycles. The number of anilines is 1. The molecular formula is C20H23N2O4+. The highest BCUT2D eigenvalue weighted by atomic mass is 16.6. The number of benzene rings is 2. The first-order valence-electron chi connectivity index (χ1n) is 8.99. The zero-order chi connectivity index (χ0) is 17.8. The topological polar surface area (TPSA) is 61.2 Å². The molecule has 0 saturated carbocycles. The second-order valence-corrected chi connectivity index (χ2v) is 6.55. The third-order valence-electron chi connectivity index (χ3n) is 4.67. The van der Waals surface area contributed by atoms with Gasteiger partial charge in [-0.3, -0.25) is 4.79 Å². The molecule has 2 aromatic rings. The number of quaternary nitrogens is 1. The molecule has 0 radical (unpaired) electrons. The van der Waals surface area contributed by atoms with Gasteiger partial charge in [0.05, 0.1) is 13.2 Å². The van der Waals surface area contributed by atoms with Crippen LogP contribution in [0.15, 0.2) is 42.5 Å². The predicted molar refractivity (Wildman–Crippen MR) is 97.0 cm³/mol. The molecule has 2 aliphatic rings. The van der Waals surface area contributed by atoms with Crippen molar-refractivity contribution in [1.82, 2.24) is 0 Å². The Morgan fingerprint density at radius 3 is 2.42 bits per heavy atom. The van der Waals surface area contributed by atoms with Gasteiger partial charge >= 0.3 is 0 Å². The molecule has 4 rings (SSSR count). The highest BCUT2D eigenvalue weighted by molar-refractivity contribution is 6.04. The maximum atomic E-state index is 12.5. The number of hydrogen-bond donors (Lipinski definition) is 2. The Balaban J connectivity index is 1.38. The van der Waals surface area contributed by atoms with E-state index in [1.807, 2.05) is 36.4 Å². The van der Waals surface area contributed by atoms with Crippen LogP contribution in [0.1, 0.15) is 15.9 Å². The monoisotopic (exact) mass is 355 g/mol. The fraction of sp³-hybridized carbons (Fsp3) is 0.350. The predicted octanol–water partition coefficient (Wildman–Crippen LogP) is 1.13. The summed E-state index contributed by atoms with van der Waals surface area (Å²) < 4.78 is 16.4. The summed E-state index contributed by atoms with van der Waals surface area (Å²) in [6.07, 6.45) is 0. The second kappa shape index (κ2) is 7.76. The molecule has 2 N–H and O–H groups in total. The third-order valence-corrected chi connectivity index (χ3v) is 4.67. The summed E-state index contributed by atoms with van der Waals surface area (Å²) in [6.45, 7) is 5.76. The van der Waals surface area contributed by atoms with Gasteiger partial charge in [-0.05, 0) is 24.3 Å². The number of rotatable bonds is 4. The maximum Gasteiger partial charge on any atom is 0.255 e. The van der Waals surface area contributed by atoms with Crippen molar-refractivity contribution in [1.29, 1.82) is 0 Å². The van der Waals surface area contributed by atoms with Gasteiger partial charge in [0.25, 0.3) is 5.91 Å². The lowest BCUT2D eigenvalue weighted by molar-refractivity contribution is -0.921. The van der Waals surface area contributed by atoms with Crippen LogP contribution in [0.4, 0.5) is 5.69 Å². The van der Waals surface area contributed by atoms with E-state index in [0.29, 0.717) is 36.0 Å². The van der Waals surface area contributed by atoms with Crippen LogP contribution in [0.2, 0.25) is 0 Å². The molecule has 0 bridgehead atoms. The summed E-state index contributed by atoms with van der Waals surface area (Å²) in [5.74, 6) is 1.24. The first-order chi connectivity index (χ1) is 12.8. The lowest BCUT2D eigenvalue weighted by atomic mass is 10.1. The minimum atomic E-state index is -0.132. The van der Waals surface area contributed by atoms with Crippen molar-refractivity contribution >= 4 is 11.6 Å². The highest BCUT2D eigenvalue weighted by Gasteiger charge is 2.15. The summed E-state index contributed by atoms with van der Waals surface area (Å²) >= 11 is 0. The SMILES string of the molecule is O=C(Nc1ccc2c(c1)OCCO2)c1ccc(C[NH+]2CCOCC2)cc1. The van der Waals surface area contributed by atoms with Crippen LogP contribution in [0.5, 0.6) is 11.5 Å². The molecular weight excluding hydrogens is 332 g/mol. The van der Waals surface area contributed by atoms with E-state index in [-0.39, 0.29) is 5.91 Å². The molecule has 26 heavy (non-hydrogen) atoms. The van der Waals surface area contributed by atoms with Crippen molar-refractivity contribution < 1.29 is 23.9 Å². The second-order valence-electron chi connectivity index (χ2n) is 6.55. The summed E-state index contributed by atoms with van der Waals surface area (Å²) in [7, 11) is 0. The molecule has 2 aromatic carbocycles. The minimum Gasteiger partial charge on any atom is -0.486 e. The zero-order valence-corrected chi connectivity index (χ0v) is 14.6. The number of carbonyl (C=O) groups is 1. The molecule has 2 heterocycles. The first-order valence-corrected chi connectivity index (χ1v) is 8.99. The Hall–Kier alpha value is -2.57. The number of ether oxygens (including phenoxy) is 3. The van der Waals surface area contributed by atoms with Crippen LogP contribution >= 0.6 is 0 Å². The molecule has 136 valence electrons. The van der Waals surface area contributed by atoms with Gasteiger partial charge in [0, 0.05) is 22.9 Å². The molecule has 1 fully saturated rings. The molecule has 2 aliphatic heterocycles. The quantitative estimate of drug-likeness (QED) is 0.863. The van der Waals surface area contributed by atoms with Crippen LogP contribution < -0.4 is 19.7 Å². The van der Waals surface area contributed by atoms with Crippen LogP contribution in [-0.4, -0.2) is 45.4 Å². The number of hydrogen-bond acceptors (Lipinski definition) is 4. The lowest BCUT2D eigenvalue weighted by Gasteiger charge is -2.23. The Bertz CT molecular complexity index is 770. The largest absolute Gasteiger partial charge is 0.486 e. The van der Waals surface area contributed by atoms with Gasteiger partial charge < -0.3 is 24.4 Å². The molecule has 6 heteroatoms. The zero-order valence-electron chi connectivity index (χ0n) is 14.6. The lowest BCUT2D eigenvalue weighted by Crippen LogP contribution is -3.12. The average molecular weight is 355 g/mol. The van der Waals surface area contributed by atoms with Crippen molar-refractivity contribution in [3.63, 3.8) is 0 Å². The van der Waals surface area contributed by atoms with Gasteiger partial charge in [0.1, 0.15) is 32.8 Å². The molecule has 0 unspecified atom stereocenters. The van der Waals surface area contributed by atoms with E-state index in [9.17, 15) is 4.79 Å². The van der Waals surface area contributed by atoms with Gasteiger partial charge in [0.15, 0.2) is 11.5 Å². The average Bonchev–Trinajstić information content (AvgIpc) is 2.69. The van der Waals surface area contributed by atoms with Crippen molar-refractivity contribution in [3.05, 3.63) is 53.6 Å². The Morgan fingerprint density at radius 2 is 1.65 bits per heavy atom. The molecule has 6 nitrogen and oxygen atoms in total. The summed E-state index contributed by atoms with van der Waals surface area (Å²) in [5, 5.41) is 2.91. The molecule has 1 amide bonds. The fourth-order valence-electron chi connectivity index (χ4n) is 3.22. The number of fused-ring (bicyclic) bond motifs is 1. The van der Waals surface area contributed by atoms with Gasteiger partial charge in [0.2, 0.25) is 0 Å². The van der Waals surface area contributed by atoms with Gasteiger partial charge in [-0.15, -0.1) is 0 Å². The van der Waals surface area contributed by atoms with Crippen molar-refractivity contribution in [3.8, 4) is 11.5 Å². The molecule has 0 aromatic heterocycles. The third kappa shape index (κ3) is 3.98. The van der Waals surface area contributed by atoms with E-state index in [0.717, 1.165) is 32.8 Å². The van der Waals surface area contributed by atoms with E-state index in [1.54, 1.807) is 6.07 Å². The molecule has 0 atom stereocenters. The first kappa shape index (κ1) is 16.9. The maximum absolute atomic E-state index is 12.5. The summed E-state index contributed by atoms with van der Waals surface area (Å²) in [6, 6.07) is 13.2. The van der Waals surface area contributed by atoms with Crippen LogP contribution in [-0.2, 0) is 11.3 Å². The van der Waals surface area contributed by atoms with E-state index in [2.05, 4.69) is 5.32 Å². The Morgan fingerprint density at radius 1 is 0.923 bits per heavy atom. The summed E-state index contributed by atoms with van der Waals surface area (Å²) in [4.78, 5) is 14.0. The van der Waals surface area contributed by atoms with Crippen molar-refractivity contribution in [2.75, 3.05) is 44.8 Å². The van der Waals surface area contributed by atoms with Gasteiger partial charge in [-0.2, -0.15) is 0 Å². The number of morpholine rings is 1. The van der Waals surface area contributed by atoms with E-state index in [4.69, 9.17) is 14.2 Å². The van der Waals surface area contributed by atoms with Crippen LogP contribution in [0, 0.1) is 0 Å². The van der Waals surface area contributed by atoms with Gasteiger partial charge in [-0.1, -0.05) is 12.1 Å². The van der Waals surface area contributed by atoms with Crippen LogP contribution in [0.3, 0.4) is 0 Å². The highest BCUT2D eigenvalue weighted by Crippen LogP contribution is 2.32. The minimum absolute atomic E-state index is 0.132. The van der Waals surface area contributed by atoms with Gasteiger partial charge in [-0.25, -0.2) is 0 Å². The number of carbonyl (C=O) groups excluding carboxylic acids is 1. The molecule has 0 spiro atoms. The van der Waals surface area contributed by atoms with E-state index >= 15 is 0 Å². The fourth-order valence-corrected chi connectivity index (χ4v) is 3.22. The van der Waals surface area contributed by atoms with E-state index in [1.165, 1.54) is 10.5 Å². The number of nitrogens with one attached hydrogen (secondary N) is 2. The van der Waals surface area contributed by atoms with Crippen molar-refractivity contribution in [2.45, 2.75) is 6.54 Å². The van der Waals surface area contributed by atoms with Crippen molar-refractivity contribution in [2.24, 2.45) is 0 Å². The Kier molecular flexibility index (Phi) is 5.04. The molecule has 0 aliphatic carbocycles. The number of amides is 1. The summed E-state index contributed by atoms with van der Waals surface area (Å²) in [5.41, 5.74) is 2.57. The normalized spacial score (nSPS) is 16.9. The van der Waals surface area contributed by atoms with E-state index < -0.39 is 0 Å². The Labute approximate surface area is 152 Å². The standard InChI is InChI=1S/C20H22N2O4/c23-20(21-17-5-6-18-19(13-17)26-12-11-25-18)16-3-1-15(2-4-16)14-22-7-9-24-10-8-22/h1-6,13H,7-12,14H2,(H,21,23)/p+1. The van der Waals surface area contributed by atoms with Crippen LogP contribution in [0.25, 0.3) is 0 Å². The smallest absolute Gasteiger partial charge is 0.255 e.